The van der Waals surface area contributed by atoms with Gasteiger partial charge in [-0.15, -0.1) is 0 Å². The molecule has 1 saturated heterocycles. The number of hydrogen-bond donors (Lipinski definition) is 0. The van der Waals surface area contributed by atoms with Crippen molar-refractivity contribution in [3.63, 3.8) is 0 Å². The second-order valence-electron chi connectivity index (χ2n) is 6.72. The van der Waals surface area contributed by atoms with Crippen LogP contribution < -0.4 is 0 Å². The lowest BCUT2D eigenvalue weighted by Crippen LogP contribution is -2.44. The Morgan fingerprint density at radius 1 is 1.20 bits per heavy atom. The van der Waals surface area contributed by atoms with Gasteiger partial charge in [0.2, 0.25) is 0 Å². The molecule has 4 heterocycles. The van der Waals surface area contributed by atoms with Crippen molar-refractivity contribution in [3.8, 4) is 0 Å². The Morgan fingerprint density at radius 3 is 2.92 bits per heavy atom. The summed E-state index contributed by atoms with van der Waals surface area (Å²) < 4.78 is 4.07. The third-order valence-corrected chi connectivity index (χ3v) is 5.15. The van der Waals surface area contributed by atoms with E-state index in [1.54, 1.807) is 6.20 Å². The van der Waals surface area contributed by atoms with Crippen molar-refractivity contribution >= 4 is 11.6 Å². The molecule has 3 aromatic heterocycles. The molecule has 0 aromatic carbocycles. The molecule has 25 heavy (non-hydrogen) atoms. The molecule has 4 rings (SSSR count). The Bertz CT molecular complexity index is 881. The van der Waals surface area contributed by atoms with Crippen LogP contribution in [0.4, 0.5) is 0 Å². The molecule has 1 aliphatic heterocycles. The zero-order valence-corrected chi connectivity index (χ0v) is 14.5. The number of pyridine rings is 1. The average Bonchev–Trinajstić information content (AvgIpc) is 3.27. The summed E-state index contributed by atoms with van der Waals surface area (Å²) in [7, 11) is 0. The molecule has 1 fully saturated rings. The summed E-state index contributed by atoms with van der Waals surface area (Å²) in [6.45, 7) is 3.76. The number of hydrogen-bond acceptors (Lipinski definition) is 3. The first-order valence-corrected chi connectivity index (χ1v) is 8.94. The SMILES string of the molecule is Cc1nccn1CCC1CCCCN1C(=O)c1ccc2nccn2c1. The predicted molar refractivity (Wildman–Crippen MR) is 95.4 cm³/mol. The summed E-state index contributed by atoms with van der Waals surface area (Å²) in [6, 6.07) is 4.08. The van der Waals surface area contributed by atoms with Gasteiger partial charge in [0.25, 0.3) is 5.91 Å². The number of likely N-dealkylation sites (tertiary alicyclic amines) is 1. The van der Waals surface area contributed by atoms with E-state index in [9.17, 15) is 4.79 Å². The number of nitrogens with zero attached hydrogens (tertiary/aromatic N) is 5. The van der Waals surface area contributed by atoms with Crippen molar-refractivity contribution in [1.29, 1.82) is 0 Å². The Morgan fingerprint density at radius 2 is 2.08 bits per heavy atom. The third kappa shape index (κ3) is 3.16. The zero-order chi connectivity index (χ0) is 17.2. The fraction of sp³-hybridized carbons (Fsp3) is 0.421. The van der Waals surface area contributed by atoms with E-state index in [-0.39, 0.29) is 5.91 Å². The molecule has 6 nitrogen and oxygen atoms in total. The van der Waals surface area contributed by atoms with E-state index in [4.69, 9.17) is 0 Å². The Labute approximate surface area is 147 Å². The average molecular weight is 337 g/mol. The Balaban J connectivity index is 1.51. The van der Waals surface area contributed by atoms with E-state index in [2.05, 4.69) is 19.4 Å². The predicted octanol–water partition coefficient (Wildman–Crippen LogP) is 2.92. The smallest absolute Gasteiger partial charge is 0.255 e. The van der Waals surface area contributed by atoms with E-state index in [0.29, 0.717) is 6.04 Å². The molecule has 0 aliphatic carbocycles. The number of rotatable bonds is 4. The highest BCUT2D eigenvalue weighted by Crippen LogP contribution is 2.23. The van der Waals surface area contributed by atoms with Crippen LogP contribution in [0.2, 0.25) is 0 Å². The van der Waals surface area contributed by atoms with E-state index in [0.717, 1.165) is 49.4 Å². The lowest BCUT2D eigenvalue weighted by molar-refractivity contribution is 0.0594. The Kier molecular flexibility index (Phi) is 4.26. The van der Waals surface area contributed by atoms with Gasteiger partial charge in [-0.25, -0.2) is 9.97 Å². The van der Waals surface area contributed by atoms with E-state index in [1.165, 1.54) is 6.42 Å². The van der Waals surface area contributed by atoms with E-state index < -0.39 is 0 Å². The van der Waals surface area contributed by atoms with Crippen LogP contribution in [0.5, 0.6) is 0 Å². The number of aryl methyl sites for hydroxylation is 2. The third-order valence-electron chi connectivity index (χ3n) is 5.15. The molecule has 0 bridgehead atoms. The van der Waals surface area contributed by atoms with Crippen molar-refractivity contribution in [2.45, 2.75) is 45.2 Å². The summed E-state index contributed by atoms with van der Waals surface area (Å²) >= 11 is 0. The standard InChI is InChI=1S/C19H23N5O/c1-15-20-8-12-22(15)11-7-17-4-2-3-10-24(17)19(25)16-5-6-18-21-9-13-23(18)14-16/h5-6,8-9,12-14,17H,2-4,7,10-11H2,1H3. The van der Waals surface area contributed by atoms with Crippen molar-refractivity contribution in [2.75, 3.05) is 6.54 Å². The van der Waals surface area contributed by atoms with Crippen LogP contribution >= 0.6 is 0 Å². The van der Waals surface area contributed by atoms with Crippen LogP contribution in [-0.4, -0.2) is 42.3 Å². The number of piperidine rings is 1. The Hall–Kier alpha value is -2.63. The number of carbonyl (C=O) groups is 1. The maximum atomic E-state index is 13.1. The van der Waals surface area contributed by atoms with Gasteiger partial charge in [0, 0.05) is 50.1 Å². The summed E-state index contributed by atoms with van der Waals surface area (Å²) in [5.74, 6) is 1.15. The highest BCUT2D eigenvalue weighted by molar-refractivity contribution is 5.94. The quantitative estimate of drug-likeness (QED) is 0.735. The molecule has 6 heteroatoms. The monoisotopic (exact) mass is 337 g/mol. The van der Waals surface area contributed by atoms with Crippen molar-refractivity contribution in [2.24, 2.45) is 0 Å². The normalized spacial score (nSPS) is 18.0. The molecule has 1 unspecified atom stereocenters. The second-order valence-corrected chi connectivity index (χ2v) is 6.72. The van der Waals surface area contributed by atoms with Crippen LogP contribution in [0.15, 0.2) is 43.1 Å². The van der Waals surface area contributed by atoms with Gasteiger partial charge < -0.3 is 13.9 Å². The number of aromatic nitrogens is 4. The summed E-state index contributed by atoms with van der Waals surface area (Å²) in [6.07, 6.45) is 13.7. The summed E-state index contributed by atoms with van der Waals surface area (Å²) in [5.41, 5.74) is 1.60. The lowest BCUT2D eigenvalue weighted by Gasteiger charge is -2.36. The van der Waals surface area contributed by atoms with Crippen molar-refractivity contribution < 1.29 is 4.79 Å². The minimum absolute atomic E-state index is 0.127. The maximum absolute atomic E-state index is 13.1. The first-order chi connectivity index (χ1) is 12.2. The van der Waals surface area contributed by atoms with Crippen molar-refractivity contribution in [1.82, 2.24) is 23.8 Å². The molecule has 130 valence electrons. The molecule has 0 N–H and O–H groups in total. The highest BCUT2D eigenvalue weighted by atomic mass is 16.2. The molecule has 1 aliphatic rings. The second kappa shape index (κ2) is 6.70. The van der Waals surface area contributed by atoms with E-state index >= 15 is 0 Å². The van der Waals surface area contributed by atoms with Gasteiger partial charge in [-0.2, -0.15) is 0 Å². The van der Waals surface area contributed by atoms with Crippen LogP contribution in [0.3, 0.4) is 0 Å². The van der Waals surface area contributed by atoms with Crippen LogP contribution in [0.1, 0.15) is 41.9 Å². The molecular formula is C19H23N5O. The molecule has 0 radical (unpaired) electrons. The minimum atomic E-state index is 0.127. The fourth-order valence-electron chi connectivity index (χ4n) is 3.71. The largest absolute Gasteiger partial charge is 0.336 e. The number of amides is 1. The van der Waals surface area contributed by atoms with Gasteiger partial charge in [-0.3, -0.25) is 4.79 Å². The topological polar surface area (TPSA) is 55.4 Å². The molecule has 1 atom stereocenters. The first-order valence-electron chi connectivity index (χ1n) is 8.94. The van der Waals surface area contributed by atoms with Gasteiger partial charge in [0.1, 0.15) is 11.5 Å². The number of fused-ring (bicyclic) bond motifs is 1. The fourth-order valence-corrected chi connectivity index (χ4v) is 3.71. The van der Waals surface area contributed by atoms with Crippen LogP contribution in [0, 0.1) is 6.92 Å². The lowest BCUT2D eigenvalue weighted by atomic mass is 9.98. The number of imidazole rings is 2. The van der Waals surface area contributed by atoms with Crippen LogP contribution in [0.25, 0.3) is 5.65 Å². The van der Waals surface area contributed by atoms with Gasteiger partial charge >= 0.3 is 0 Å². The van der Waals surface area contributed by atoms with Gasteiger partial charge in [-0.05, 0) is 44.7 Å². The molecule has 0 saturated carbocycles. The minimum Gasteiger partial charge on any atom is -0.336 e. The molecule has 1 amide bonds. The summed E-state index contributed by atoms with van der Waals surface area (Å²) in [5, 5.41) is 0. The first kappa shape index (κ1) is 15.9. The number of carbonyl (C=O) groups excluding carboxylic acids is 1. The van der Waals surface area contributed by atoms with Gasteiger partial charge in [0.15, 0.2) is 0 Å². The molecule has 0 spiro atoms. The van der Waals surface area contributed by atoms with Crippen LogP contribution in [-0.2, 0) is 6.54 Å². The van der Waals surface area contributed by atoms with Gasteiger partial charge in [-0.1, -0.05) is 0 Å². The molecular weight excluding hydrogens is 314 g/mol. The molecule has 3 aromatic rings. The highest BCUT2D eigenvalue weighted by Gasteiger charge is 2.27. The van der Waals surface area contributed by atoms with E-state index in [1.807, 2.05) is 48.2 Å². The maximum Gasteiger partial charge on any atom is 0.255 e. The summed E-state index contributed by atoms with van der Waals surface area (Å²) in [4.78, 5) is 23.7. The van der Waals surface area contributed by atoms with Gasteiger partial charge in [0.05, 0.1) is 5.56 Å². The zero-order valence-electron chi connectivity index (χ0n) is 14.5. The van der Waals surface area contributed by atoms with Crippen molar-refractivity contribution in [3.05, 3.63) is 54.5 Å².